The van der Waals surface area contributed by atoms with E-state index >= 15 is 0 Å². The quantitative estimate of drug-likeness (QED) is 0.367. The van der Waals surface area contributed by atoms with E-state index in [1.807, 2.05) is 30.3 Å². The predicted octanol–water partition coefficient (Wildman–Crippen LogP) is 5.95. The minimum Gasteiger partial charge on any atom is -0.382 e. The van der Waals surface area contributed by atoms with Crippen LogP contribution in [0.1, 0.15) is 25.2 Å². The van der Waals surface area contributed by atoms with Gasteiger partial charge in [0.15, 0.2) is 5.82 Å². The Labute approximate surface area is 188 Å². The standard InChI is InChI=1S/C23H20BrClN4O/c1-23(2,30)22-28-11-16(12-29-22)15-6-7-20-18(9-15)21(19(25)13-26-20)27-10-14-4-3-5-17(24)8-14/h3-9,11-13,30H,10H2,1-2H3,(H,26,27). The highest BCUT2D eigenvalue weighted by Crippen LogP contribution is 2.33. The van der Waals surface area contributed by atoms with E-state index in [-0.39, 0.29) is 0 Å². The second-order valence-corrected chi connectivity index (χ2v) is 8.87. The normalized spacial score (nSPS) is 11.6. The van der Waals surface area contributed by atoms with Crippen LogP contribution < -0.4 is 5.32 Å². The molecule has 0 atom stereocenters. The zero-order valence-electron chi connectivity index (χ0n) is 16.5. The van der Waals surface area contributed by atoms with Crippen LogP contribution >= 0.6 is 27.5 Å². The zero-order chi connectivity index (χ0) is 21.3. The highest BCUT2D eigenvalue weighted by Gasteiger charge is 2.19. The monoisotopic (exact) mass is 482 g/mol. The van der Waals surface area contributed by atoms with Crippen molar-refractivity contribution in [1.29, 1.82) is 0 Å². The van der Waals surface area contributed by atoms with Gasteiger partial charge in [-0.25, -0.2) is 9.97 Å². The Kier molecular flexibility index (Phi) is 5.73. The lowest BCUT2D eigenvalue weighted by Crippen LogP contribution is -2.19. The molecule has 0 aliphatic rings. The molecule has 4 aromatic rings. The number of nitrogens with zero attached hydrogens (tertiary/aromatic N) is 3. The molecule has 2 aromatic heterocycles. The van der Waals surface area contributed by atoms with Crippen molar-refractivity contribution in [2.45, 2.75) is 26.0 Å². The molecule has 7 heteroatoms. The first-order valence-corrected chi connectivity index (χ1v) is 10.6. The van der Waals surface area contributed by atoms with Crippen molar-refractivity contribution in [2.75, 3.05) is 5.32 Å². The van der Waals surface area contributed by atoms with Crippen molar-refractivity contribution in [3.8, 4) is 11.1 Å². The van der Waals surface area contributed by atoms with E-state index < -0.39 is 5.60 Å². The van der Waals surface area contributed by atoms with Crippen LogP contribution in [0.25, 0.3) is 22.0 Å². The van der Waals surface area contributed by atoms with Gasteiger partial charge in [0.1, 0.15) is 5.60 Å². The van der Waals surface area contributed by atoms with Crippen LogP contribution in [0.5, 0.6) is 0 Å². The predicted molar refractivity (Wildman–Crippen MR) is 124 cm³/mol. The zero-order valence-corrected chi connectivity index (χ0v) is 18.9. The summed E-state index contributed by atoms with van der Waals surface area (Å²) in [5, 5.41) is 15.0. The summed E-state index contributed by atoms with van der Waals surface area (Å²) in [5.74, 6) is 0.383. The van der Waals surface area contributed by atoms with Crippen molar-refractivity contribution in [2.24, 2.45) is 0 Å². The van der Waals surface area contributed by atoms with Crippen LogP contribution in [0.4, 0.5) is 5.69 Å². The van der Waals surface area contributed by atoms with Crippen LogP contribution in [0.3, 0.4) is 0 Å². The Hall–Kier alpha value is -2.54. The SMILES string of the molecule is CC(C)(O)c1ncc(-c2ccc3ncc(Cl)c(NCc4cccc(Br)c4)c3c2)cn1. The maximum atomic E-state index is 10.1. The Morgan fingerprint density at radius 2 is 1.77 bits per heavy atom. The van der Waals surface area contributed by atoms with Crippen molar-refractivity contribution in [3.05, 3.63) is 81.9 Å². The molecule has 0 radical (unpaired) electrons. The number of pyridine rings is 1. The van der Waals surface area contributed by atoms with Gasteiger partial charge in [-0.05, 0) is 49.2 Å². The summed E-state index contributed by atoms with van der Waals surface area (Å²) >= 11 is 9.99. The number of benzene rings is 2. The van der Waals surface area contributed by atoms with Crippen molar-refractivity contribution in [1.82, 2.24) is 15.0 Å². The second-order valence-electron chi connectivity index (χ2n) is 7.55. The number of halogens is 2. The lowest BCUT2D eigenvalue weighted by molar-refractivity contribution is 0.0687. The molecule has 0 saturated heterocycles. The van der Waals surface area contributed by atoms with Crippen molar-refractivity contribution < 1.29 is 5.11 Å². The third-order valence-corrected chi connectivity index (χ3v) is 5.49. The van der Waals surface area contributed by atoms with Crippen LogP contribution in [0.15, 0.2) is 65.5 Å². The van der Waals surface area contributed by atoms with E-state index in [4.69, 9.17) is 11.6 Å². The maximum absolute atomic E-state index is 10.1. The first-order chi connectivity index (χ1) is 14.3. The van der Waals surface area contributed by atoms with Gasteiger partial charge in [-0.2, -0.15) is 0 Å². The van der Waals surface area contributed by atoms with Gasteiger partial charge in [0.25, 0.3) is 0 Å². The third kappa shape index (κ3) is 4.46. The van der Waals surface area contributed by atoms with Gasteiger partial charge >= 0.3 is 0 Å². The maximum Gasteiger partial charge on any atom is 0.159 e. The van der Waals surface area contributed by atoms with Gasteiger partial charge in [-0.15, -0.1) is 0 Å². The summed E-state index contributed by atoms with van der Waals surface area (Å²) in [6.45, 7) is 3.95. The molecule has 0 amide bonds. The van der Waals surface area contributed by atoms with Crippen LogP contribution in [-0.4, -0.2) is 20.1 Å². The van der Waals surface area contributed by atoms with Crippen LogP contribution in [0, 0.1) is 0 Å². The van der Waals surface area contributed by atoms with Gasteiger partial charge in [-0.3, -0.25) is 4.98 Å². The molecule has 0 unspecified atom stereocenters. The number of anilines is 1. The average Bonchev–Trinajstić information content (AvgIpc) is 2.72. The van der Waals surface area contributed by atoms with Crippen molar-refractivity contribution >= 4 is 44.1 Å². The lowest BCUT2D eigenvalue weighted by atomic mass is 10.0. The highest BCUT2D eigenvalue weighted by molar-refractivity contribution is 9.10. The smallest absolute Gasteiger partial charge is 0.159 e. The number of hydrogen-bond acceptors (Lipinski definition) is 5. The number of nitrogens with one attached hydrogen (secondary N) is 1. The lowest BCUT2D eigenvalue weighted by Gasteiger charge is -2.15. The number of aromatic nitrogens is 3. The molecule has 2 N–H and O–H groups in total. The molecule has 0 spiro atoms. The average molecular weight is 484 g/mol. The van der Waals surface area contributed by atoms with E-state index in [1.54, 1.807) is 32.4 Å². The summed E-state index contributed by atoms with van der Waals surface area (Å²) in [7, 11) is 0. The molecule has 30 heavy (non-hydrogen) atoms. The molecular weight excluding hydrogens is 464 g/mol. The number of rotatable bonds is 5. The first kappa shape index (κ1) is 20.7. The Morgan fingerprint density at radius 3 is 2.47 bits per heavy atom. The van der Waals surface area contributed by atoms with E-state index in [0.717, 1.165) is 37.8 Å². The van der Waals surface area contributed by atoms with Gasteiger partial charge in [0, 0.05) is 40.6 Å². The topological polar surface area (TPSA) is 70.9 Å². The molecule has 152 valence electrons. The van der Waals surface area contributed by atoms with Gasteiger partial charge in [0.2, 0.25) is 0 Å². The summed E-state index contributed by atoms with van der Waals surface area (Å²) < 4.78 is 1.03. The minimum atomic E-state index is -1.08. The summed E-state index contributed by atoms with van der Waals surface area (Å²) in [6.07, 6.45) is 5.09. The van der Waals surface area contributed by atoms with E-state index in [0.29, 0.717) is 17.4 Å². The molecular formula is C23H20BrClN4O. The van der Waals surface area contributed by atoms with Crippen LogP contribution in [-0.2, 0) is 12.1 Å². The summed E-state index contributed by atoms with van der Waals surface area (Å²) in [5.41, 5.74) is 3.52. The third-order valence-electron chi connectivity index (χ3n) is 4.71. The fraction of sp³-hybridized carbons (Fsp3) is 0.174. The molecule has 0 fully saturated rings. The molecule has 0 aliphatic carbocycles. The number of aliphatic hydroxyl groups is 1. The number of hydrogen-bond donors (Lipinski definition) is 2. The Balaban J connectivity index is 1.70. The largest absolute Gasteiger partial charge is 0.382 e. The highest BCUT2D eigenvalue weighted by atomic mass is 79.9. The molecule has 0 saturated carbocycles. The van der Waals surface area contributed by atoms with E-state index in [1.165, 1.54) is 0 Å². The van der Waals surface area contributed by atoms with Gasteiger partial charge in [0.05, 0.1) is 16.2 Å². The Bertz CT molecular complexity index is 1210. The fourth-order valence-corrected chi connectivity index (χ4v) is 3.82. The van der Waals surface area contributed by atoms with Crippen LogP contribution in [0.2, 0.25) is 5.02 Å². The first-order valence-electron chi connectivity index (χ1n) is 9.43. The van der Waals surface area contributed by atoms with E-state index in [9.17, 15) is 5.11 Å². The molecule has 4 rings (SSSR count). The minimum absolute atomic E-state index is 0.383. The fourth-order valence-electron chi connectivity index (χ4n) is 3.16. The van der Waals surface area contributed by atoms with E-state index in [2.05, 4.69) is 48.3 Å². The molecule has 0 bridgehead atoms. The summed E-state index contributed by atoms with van der Waals surface area (Å²) in [6, 6.07) is 14.1. The van der Waals surface area contributed by atoms with Crippen molar-refractivity contribution in [3.63, 3.8) is 0 Å². The van der Waals surface area contributed by atoms with Gasteiger partial charge in [-0.1, -0.05) is 45.7 Å². The molecule has 2 heterocycles. The molecule has 2 aromatic carbocycles. The van der Waals surface area contributed by atoms with Gasteiger partial charge < -0.3 is 10.4 Å². The Morgan fingerprint density at radius 1 is 1.00 bits per heavy atom. The molecule has 5 nitrogen and oxygen atoms in total. The number of fused-ring (bicyclic) bond motifs is 1. The summed E-state index contributed by atoms with van der Waals surface area (Å²) in [4.78, 5) is 13.1. The molecule has 0 aliphatic heterocycles. The second kappa shape index (κ2) is 8.30.